The number of hydrogen-bond donors (Lipinski definition) is 1. The van der Waals surface area contributed by atoms with Gasteiger partial charge in [0.2, 0.25) is 11.8 Å². The van der Waals surface area contributed by atoms with Gasteiger partial charge in [0.05, 0.1) is 5.69 Å². The van der Waals surface area contributed by atoms with E-state index in [0.717, 1.165) is 58.4 Å². The van der Waals surface area contributed by atoms with Gasteiger partial charge in [-0.3, -0.25) is 9.59 Å². The first kappa shape index (κ1) is 32.4. The Morgan fingerprint density at radius 2 is 1.58 bits per heavy atom. The third kappa shape index (κ3) is 8.78. The summed E-state index contributed by atoms with van der Waals surface area (Å²) in [6.07, 6.45) is 5.13. The molecule has 1 unspecified atom stereocenters. The van der Waals surface area contributed by atoms with Gasteiger partial charge in [-0.1, -0.05) is 73.3 Å². The first-order valence-corrected chi connectivity index (χ1v) is 16.2. The van der Waals surface area contributed by atoms with Crippen molar-refractivity contribution in [3.05, 3.63) is 101 Å². The molecule has 0 aliphatic heterocycles. The van der Waals surface area contributed by atoms with E-state index in [1.165, 1.54) is 31.1 Å². The van der Waals surface area contributed by atoms with Crippen molar-refractivity contribution >= 4 is 39.3 Å². The number of nitrogens with one attached hydrogen (secondary N) is 1. The summed E-state index contributed by atoms with van der Waals surface area (Å²) in [6.45, 7) is -0.580. The molecule has 0 spiro atoms. The quantitative estimate of drug-likeness (QED) is 0.299. The average molecular weight is 629 g/mol. The van der Waals surface area contributed by atoms with Crippen molar-refractivity contribution < 1.29 is 22.4 Å². The number of carbonyl (C=O) groups is 2. The standard InChI is InChI=1S/C32H38ClFN4O4S/c1-36(2)43(41,42)38(29-18-16-27(34)17-19-29)23-31(39)37(22-25-12-9-13-26(33)20-25)30(21-24-10-5-3-6-11-24)32(40)35-28-14-7-4-8-15-28/h3,5-6,9-13,16-20,28,30H,4,7-8,14-15,21-23H2,1-2H3,(H,35,40). The van der Waals surface area contributed by atoms with Gasteiger partial charge in [0, 0.05) is 38.1 Å². The molecule has 0 bridgehead atoms. The van der Waals surface area contributed by atoms with Crippen LogP contribution in [-0.2, 0) is 32.8 Å². The number of amides is 2. The lowest BCUT2D eigenvalue weighted by atomic mass is 9.94. The van der Waals surface area contributed by atoms with Crippen LogP contribution in [0.1, 0.15) is 43.2 Å². The van der Waals surface area contributed by atoms with E-state index in [4.69, 9.17) is 11.6 Å². The Morgan fingerprint density at radius 1 is 0.930 bits per heavy atom. The zero-order valence-corrected chi connectivity index (χ0v) is 26.0. The lowest BCUT2D eigenvalue weighted by molar-refractivity contribution is -0.140. The van der Waals surface area contributed by atoms with Crippen LogP contribution in [0.3, 0.4) is 0 Å². The molecule has 1 atom stereocenters. The van der Waals surface area contributed by atoms with Gasteiger partial charge in [-0.2, -0.15) is 12.7 Å². The van der Waals surface area contributed by atoms with Crippen LogP contribution in [0.15, 0.2) is 78.9 Å². The van der Waals surface area contributed by atoms with Gasteiger partial charge in [0.1, 0.15) is 18.4 Å². The third-order valence-electron chi connectivity index (χ3n) is 7.60. The molecule has 1 saturated carbocycles. The third-order valence-corrected chi connectivity index (χ3v) is 9.65. The van der Waals surface area contributed by atoms with Crippen molar-refractivity contribution in [2.75, 3.05) is 24.9 Å². The van der Waals surface area contributed by atoms with E-state index < -0.39 is 34.5 Å². The highest BCUT2D eigenvalue weighted by Crippen LogP contribution is 2.24. The Kier molecular flexibility index (Phi) is 11.2. The predicted molar refractivity (Wildman–Crippen MR) is 167 cm³/mol. The summed E-state index contributed by atoms with van der Waals surface area (Å²) >= 11 is 6.27. The molecule has 0 radical (unpaired) electrons. The summed E-state index contributed by atoms with van der Waals surface area (Å²) in [5, 5.41) is 3.64. The van der Waals surface area contributed by atoms with Crippen molar-refractivity contribution in [1.82, 2.24) is 14.5 Å². The lowest BCUT2D eigenvalue weighted by Gasteiger charge is -2.35. The zero-order chi connectivity index (χ0) is 31.0. The highest BCUT2D eigenvalue weighted by Gasteiger charge is 2.35. The number of rotatable bonds is 12. The first-order chi connectivity index (χ1) is 20.5. The molecule has 4 rings (SSSR count). The van der Waals surface area contributed by atoms with Gasteiger partial charge in [0.15, 0.2) is 0 Å². The van der Waals surface area contributed by atoms with Crippen molar-refractivity contribution in [3.63, 3.8) is 0 Å². The summed E-state index contributed by atoms with van der Waals surface area (Å²) in [6, 6.07) is 20.4. The highest BCUT2D eigenvalue weighted by molar-refractivity contribution is 7.90. The van der Waals surface area contributed by atoms with E-state index in [0.29, 0.717) is 10.6 Å². The minimum Gasteiger partial charge on any atom is -0.352 e. The molecule has 1 N–H and O–H groups in total. The average Bonchev–Trinajstić information content (AvgIpc) is 2.99. The number of benzene rings is 3. The SMILES string of the molecule is CN(C)S(=O)(=O)N(CC(=O)N(Cc1cccc(Cl)c1)C(Cc1ccccc1)C(=O)NC1CCCCC1)c1ccc(F)cc1. The number of nitrogens with zero attached hydrogens (tertiary/aromatic N) is 3. The van der Waals surface area contributed by atoms with Gasteiger partial charge < -0.3 is 10.2 Å². The molecule has 3 aromatic rings. The van der Waals surface area contributed by atoms with Gasteiger partial charge >= 0.3 is 10.2 Å². The molecule has 43 heavy (non-hydrogen) atoms. The fourth-order valence-electron chi connectivity index (χ4n) is 5.25. The second kappa shape index (κ2) is 14.8. The van der Waals surface area contributed by atoms with Crippen LogP contribution >= 0.6 is 11.6 Å². The van der Waals surface area contributed by atoms with Crippen LogP contribution in [0, 0.1) is 5.82 Å². The fraction of sp³-hybridized carbons (Fsp3) is 0.375. The van der Waals surface area contributed by atoms with Crippen LogP contribution < -0.4 is 9.62 Å². The Balaban J connectivity index is 1.75. The van der Waals surface area contributed by atoms with E-state index in [2.05, 4.69) is 5.32 Å². The Hall–Kier alpha value is -3.47. The molecule has 1 aliphatic rings. The van der Waals surface area contributed by atoms with E-state index in [9.17, 15) is 22.4 Å². The summed E-state index contributed by atoms with van der Waals surface area (Å²) < 4.78 is 42.5. The molecule has 0 saturated heterocycles. The first-order valence-electron chi connectivity index (χ1n) is 14.4. The summed E-state index contributed by atoms with van der Waals surface area (Å²) in [5.41, 5.74) is 1.66. The van der Waals surface area contributed by atoms with Gasteiger partial charge in [-0.05, 0) is 60.4 Å². The Morgan fingerprint density at radius 3 is 2.21 bits per heavy atom. The molecular formula is C32H38ClFN4O4S. The maximum Gasteiger partial charge on any atom is 0.304 e. The molecule has 8 nitrogen and oxygen atoms in total. The number of carbonyl (C=O) groups excluding carboxylic acids is 2. The monoisotopic (exact) mass is 628 g/mol. The molecule has 3 aromatic carbocycles. The van der Waals surface area contributed by atoms with E-state index in [1.807, 2.05) is 30.3 Å². The maximum atomic E-state index is 14.3. The second-order valence-corrected chi connectivity index (χ2v) is 13.5. The van der Waals surface area contributed by atoms with Crippen molar-refractivity contribution in [1.29, 1.82) is 0 Å². The molecule has 0 heterocycles. The van der Waals surface area contributed by atoms with Gasteiger partial charge in [0.25, 0.3) is 0 Å². The maximum absolute atomic E-state index is 14.3. The minimum atomic E-state index is -4.17. The fourth-order valence-corrected chi connectivity index (χ4v) is 6.52. The minimum absolute atomic E-state index is 0.00692. The smallest absolute Gasteiger partial charge is 0.304 e. The molecule has 2 amide bonds. The molecule has 11 heteroatoms. The summed E-state index contributed by atoms with van der Waals surface area (Å²) in [7, 11) is -1.45. The van der Waals surface area contributed by atoms with Crippen LogP contribution in [0.2, 0.25) is 5.02 Å². The molecular weight excluding hydrogens is 591 g/mol. The van der Waals surface area contributed by atoms with Crippen LogP contribution in [0.4, 0.5) is 10.1 Å². The molecule has 1 fully saturated rings. The second-order valence-electron chi connectivity index (χ2n) is 11.0. The highest BCUT2D eigenvalue weighted by atomic mass is 35.5. The van der Waals surface area contributed by atoms with Crippen LogP contribution in [0.5, 0.6) is 0 Å². The molecule has 1 aliphatic carbocycles. The summed E-state index contributed by atoms with van der Waals surface area (Å²) in [5.74, 6) is -1.42. The summed E-state index contributed by atoms with van der Waals surface area (Å²) in [4.78, 5) is 29.7. The number of hydrogen-bond acceptors (Lipinski definition) is 4. The number of halogens is 2. The molecule has 230 valence electrons. The number of anilines is 1. The largest absolute Gasteiger partial charge is 0.352 e. The molecule has 0 aromatic heterocycles. The van der Waals surface area contributed by atoms with Gasteiger partial charge in [-0.15, -0.1) is 0 Å². The van der Waals surface area contributed by atoms with E-state index in [1.54, 1.807) is 24.3 Å². The Bertz CT molecular complexity index is 1480. The lowest BCUT2D eigenvalue weighted by Crippen LogP contribution is -2.55. The van der Waals surface area contributed by atoms with Crippen molar-refractivity contribution in [2.45, 2.75) is 57.2 Å². The predicted octanol–water partition coefficient (Wildman–Crippen LogP) is 5.18. The Labute approximate surface area is 258 Å². The zero-order valence-electron chi connectivity index (χ0n) is 24.5. The van der Waals surface area contributed by atoms with Crippen LogP contribution in [0.25, 0.3) is 0 Å². The van der Waals surface area contributed by atoms with Crippen molar-refractivity contribution in [3.8, 4) is 0 Å². The topological polar surface area (TPSA) is 90.0 Å². The van der Waals surface area contributed by atoms with E-state index >= 15 is 0 Å². The van der Waals surface area contributed by atoms with Crippen molar-refractivity contribution in [2.24, 2.45) is 0 Å². The van der Waals surface area contributed by atoms with Gasteiger partial charge in [-0.25, -0.2) is 8.70 Å². The van der Waals surface area contributed by atoms with Crippen LogP contribution in [-0.4, -0.2) is 62.2 Å². The normalized spacial score (nSPS) is 14.7. The van der Waals surface area contributed by atoms with E-state index in [-0.39, 0.29) is 30.6 Å².